The quantitative estimate of drug-likeness (QED) is 0.315. The number of rotatable bonds is 8. The van der Waals surface area contributed by atoms with Gasteiger partial charge in [0, 0.05) is 23.7 Å². The molecule has 3 N–H and O–H groups in total. The van der Waals surface area contributed by atoms with Gasteiger partial charge in [-0.25, -0.2) is 15.0 Å². The number of H-pyrrole nitrogens is 1. The molecule has 0 bridgehead atoms. The Kier molecular flexibility index (Phi) is 5.63. The number of benzene rings is 3. The zero-order valence-corrected chi connectivity index (χ0v) is 18.4. The van der Waals surface area contributed by atoms with Crippen LogP contribution in [-0.2, 0) is 6.42 Å². The average molecular weight is 441 g/mol. The summed E-state index contributed by atoms with van der Waals surface area (Å²) in [5, 5.41) is 7.63. The third-order valence-electron chi connectivity index (χ3n) is 5.45. The van der Waals surface area contributed by atoms with Crippen molar-refractivity contribution in [3.8, 4) is 11.5 Å². The molecule has 0 saturated heterocycles. The van der Waals surface area contributed by atoms with Gasteiger partial charge in [0.05, 0.1) is 30.8 Å². The summed E-state index contributed by atoms with van der Waals surface area (Å²) in [5.74, 6) is 2.79. The highest BCUT2D eigenvalue weighted by Gasteiger charge is 2.10. The summed E-state index contributed by atoms with van der Waals surface area (Å²) < 4.78 is 10.8. The van der Waals surface area contributed by atoms with Crippen LogP contribution in [0.1, 0.15) is 5.56 Å². The number of nitrogens with one attached hydrogen (secondary N) is 3. The van der Waals surface area contributed by atoms with Crippen molar-refractivity contribution in [2.24, 2.45) is 0 Å². The molecule has 8 heteroatoms. The second kappa shape index (κ2) is 9.04. The first kappa shape index (κ1) is 20.6. The number of fused-ring (bicyclic) bond motifs is 2. The zero-order valence-electron chi connectivity index (χ0n) is 18.4. The molecule has 33 heavy (non-hydrogen) atoms. The minimum absolute atomic E-state index is 0.644. The van der Waals surface area contributed by atoms with E-state index in [1.54, 1.807) is 20.5 Å². The number of hydrogen-bond donors (Lipinski definition) is 3. The lowest BCUT2D eigenvalue weighted by Crippen LogP contribution is -2.07. The standard InChI is InChI=1S/C25H24N6O2/c1-32-22-13-18-21(14-23(22)33-2)27-15-28-24(18)26-12-11-16-7-9-17(10-8-16)29-25-30-19-5-3-4-6-20(19)31-25/h3-10,13-15H,11-12H2,1-2H3,(H,26,27,28)(H2,29,30,31). The van der Waals surface area contributed by atoms with Gasteiger partial charge in [-0.2, -0.15) is 0 Å². The zero-order chi connectivity index (χ0) is 22.6. The van der Waals surface area contributed by atoms with E-state index >= 15 is 0 Å². The second-order valence-electron chi connectivity index (χ2n) is 7.55. The molecule has 0 aliphatic rings. The Bertz CT molecular complexity index is 1360. The lowest BCUT2D eigenvalue weighted by atomic mass is 10.1. The minimum atomic E-state index is 0.644. The fourth-order valence-electron chi connectivity index (χ4n) is 3.75. The van der Waals surface area contributed by atoms with Crippen molar-refractivity contribution in [3.05, 3.63) is 72.6 Å². The number of ether oxygens (including phenoxy) is 2. The van der Waals surface area contributed by atoms with E-state index in [-0.39, 0.29) is 0 Å². The monoisotopic (exact) mass is 440 g/mol. The number of anilines is 3. The summed E-state index contributed by atoms with van der Waals surface area (Å²) in [6.07, 6.45) is 2.40. The number of imidazole rings is 1. The Morgan fingerprint density at radius 2 is 1.67 bits per heavy atom. The van der Waals surface area contributed by atoms with Crippen LogP contribution in [0.2, 0.25) is 0 Å². The van der Waals surface area contributed by atoms with Gasteiger partial charge in [-0.15, -0.1) is 0 Å². The lowest BCUT2D eigenvalue weighted by Gasteiger charge is -2.12. The van der Waals surface area contributed by atoms with Crippen LogP contribution >= 0.6 is 0 Å². The molecule has 0 aliphatic carbocycles. The number of para-hydroxylation sites is 2. The average Bonchev–Trinajstić information content (AvgIpc) is 3.26. The van der Waals surface area contributed by atoms with Gasteiger partial charge in [0.25, 0.3) is 0 Å². The van der Waals surface area contributed by atoms with Crippen LogP contribution in [0, 0.1) is 0 Å². The van der Waals surface area contributed by atoms with Gasteiger partial charge in [0.15, 0.2) is 11.5 Å². The molecule has 166 valence electrons. The van der Waals surface area contributed by atoms with E-state index in [9.17, 15) is 0 Å². The third kappa shape index (κ3) is 4.36. The van der Waals surface area contributed by atoms with Gasteiger partial charge in [-0.3, -0.25) is 0 Å². The van der Waals surface area contributed by atoms with Crippen LogP contribution in [0.15, 0.2) is 67.0 Å². The summed E-state index contributed by atoms with van der Waals surface area (Å²) in [4.78, 5) is 16.6. The predicted octanol–water partition coefficient (Wildman–Crippen LogP) is 4.92. The Morgan fingerprint density at radius 3 is 2.45 bits per heavy atom. The maximum atomic E-state index is 5.42. The molecule has 5 rings (SSSR count). The van der Waals surface area contributed by atoms with Crippen LogP contribution in [0.4, 0.5) is 17.5 Å². The highest BCUT2D eigenvalue weighted by atomic mass is 16.5. The predicted molar refractivity (Wildman–Crippen MR) is 131 cm³/mol. The molecule has 0 spiro atoms. The number of nitrogens with zero attached hydrogens (tertiary/aromatic N) is 3. The highest BCUT2D eigenvalue weighted by molar-refractivity contribution is 5.91. The molecule has 0 amide bonds. The summed E-state index contributed by atoms with van der Waals surface area (Å²) in [7, 11) is 3.23. The van der Waals surface area contributed by atoms with Gasteiger partial charge in [0.1, 0.15) is 12.1 Å². The van der Waals surface area contributed by atoms with Crippen LogP contribution in [0.25, 0.3) is 21.9 Å². The Morgan fingerprint density at radius 1 is 0.879 bits per heavy atom. The van der Waals surface area contributed by atoms with Crippen molar-refractivity contribution < 1.29 is 9.47 Å². The first-order valence-corrected chi connectivity index (χ1v) is 10.6. The number of aromatic nitrogens is 4. The van der Waals surface area contributed by atoms with E-state index in [1.165, 1.54) is 5.56 Å². The first-order valence-electron chi connectivity index (χ1n) is 10.6. The molecule has 0 unspecified atom stereocenters. The SMILES string of the molecule is COc1cc2ncnc(NCCc3ccc(Nc4nc5ccccc5[nH]4)cc3)c2cc1OC. The lowest BCUT2D eigenvalue weighted by molar-refractivity contribution is 0.356. The topological polar surface area (TPSA) is 97.0 Å². The van der Waals surface area contributed by atoms with E-state index < -0.39 is 0 Å². The minimum Gasteiger partial charge on any atom is -0.493 e. The van der Waals surface area contributed by atoms with E-state index in [4.69, 9.17) is 9.47 Å². The fourth-order valence-corrected chi connectivity index (χ4v) is 3.75. The summed E-state index contributed by atoms with van der Waals surface area (Å²) in [6.45, 7) is 0.733. The fraction of sp³-hybridized carbons (Fsp3) is 0.160. The summed E-state index contributed by atoms with van der Waals surface area (Å²) in [6, 6.07) is 20.1. The van der Waals surface area contributed by atoms with Gasteiger partial charge < -0.3 is 25.1 Å². The number of hydrogen-bond acceptors (Lipinski definition) is 7. The van der Waals surface area contributed by atoms with Crippen LogP contribution in [-0.4, -0.2) is 40.7 Å². The number of methoxy groups -OCH3 is 2. The van der Waals surface area contributed by atoms with Gasteiger partial charge >= 0.3 is 0 Å². The first-order chi connectivity index (χ1) is 16.2. The maximum absolute atomic E-state index is 5.42. The largest absolute Gasteiger partial charge is 0.493 e. The van der Waals surface area contributed by atoms with Gasteiger partial charge in [-0.1, -0.05) is 24.3 Å². The van der Waals surface area contributed by atoms with E-state index in [0.717, 1.165) is 52.4 Å². The molecule has 0 aliphatic heterocycles. The van der Waals surface area contributed by atoms with Crippen molar-refractivity contribution in [1.29, 1.82) is 0 Å². The molecule has 2 heterocycles. The van der Waals surface area contributed by atoms with Crippen LogP contribution < -0.4 is 20.1 Å². The normalized spacial score (nSPS) is 11.0. The molecule has 8 nitrogen and oxygen atoms in total. The van der Waals surface area contributed by atoms with Gasteiger partial charge in [-0.05, 0) is 42.3 Å². The number of aromatic amines is 1. The Hall–Kier alpha value is -4.33. The second-order valence-corrected chi connectivity index (χ2v) is 7.55. The molecule has 3 aromatic carbocycles. The van der Waals surface area contributed by atoms with Crippen LogP contribution in [0.3, 0.4) is 0 Å². The van der Waals surface area contributed by atoms with Crippen LogP contribution in [0.5, 0.6) is 11.5 Å². The smallest absolute Gasteiger partial charge is 0.205 e. The van der Waals surface area contributed by atoms with Crippen molar-refractivity contribution in [1.82, 2.24) is 19.9 Å². The molecular formula is C25H24N6O2. The Labute approximate surface area is 191 Å². The van der Waals surface area contributed by atoms with Crippen molar-refractivity contribution in [2.75, 3.05) is 31.4 Å². The molecule has 5 aromatic rings. The van der Waals surface area contributed by atoms with E-state index in [2.05, 4.69) is 54.8 Å². The third-order valence-corrected chi connectivity index (χ3v) is 5.45. The molecule has 0 radical (unpaired) electrons. The summed E-state index contributed by atoms with van der Waals surface area (Å²) in [5.41, 5.74) is 4.95. The highest BCUT2D eigenvalue weighted by Crippen LogP contribution is 2.33. The molecule has 0 saturated carbocycles. The molecule has 0 atom stereocenters. The van der Waals surface area contributed by atoms with Crippen molar-refractivity contribution >= 4 is 39.4 Å². The molecule has 0 fully saturated rings. The van der Waals surface area contributed by atoms with E-state index in [0.29, 0.717) is 11.5 Å². The van der Waals surface area contributed by atoms with Gasteiger partial charge in [0.2, 0.25) is 5.95 Å². The van der Waals surface area contributed by atoms with Crippen molar-refractivity contribution in [2.45, 2.75) is 6.42 Å². The van der Waals surface area contributed by atoms with Crippen molar-refractivity contribution in [3.63, 3.8) is 0 Å². The summed E-state index contributed by atoms with van der Waals surface area (Å²) >= 11 is 0. The Balaban J connectivity index is 1.23. The van der Waals surface area contributed by atoms with E-state index in [1.807, 2.05) is 36.4 Å². The molecular weight excluding hydrogens is 416 g/mol. The molecule has 2 aromatic heterocycles. The maximum Gasteiger partial charge on any atom is 0.205 e.